The maximum Gasteiger partial charge on any atom is 0.123 e. The molecule has 0 radical (unpaired) electrons. The Kier molecular flexibility index (Phi) is 8.07. The summed E-state index contributed by atoms with van der Waals surface area (Å²) in [7, 11) is 0. The molecule has 0 aliphatic carbocycles. The van der Waals surface area contributed by atoms with Gasteiger partial charge in [0.25, 0.3) is 0 Å². The van der Waals surface area contributed by atoms with Crippen molar-refractivity contribution in [3.8, 4) is 0 Å². The molecule has 0 fully saturated rings. The summed E-state index contributed by atoms with van der Waals surface area (Å²) in [5.41, 5.74) is 2.67. The van der Waals surface area contributed by atoms with Crippen LogP contribution in [0.15, 0.2) is 54.6 Å². The zero-order chi connectivity index (χ0) is 14.2. The van der Waals surface area contributed by atoms with Crippen molar-refractivity contribution >= 4 is 12.4 Å². The van der Waals surface area contributed by atoms with E-state index < -0.39 is 0 Å². The highest BCUT2D eigenvalue weighted by molar-refractivity contribution is 5.85. The Balaban J connectivity index is 0.00000220. The second-order valence-electron chi connectivity index (χ2n) is 5.67. The Labute approximate surface area is 133 Å². The number of halogens is 2. The first-order valence-electron chi connectivity index (χ1n) is 7.52. The van der Waals surface area contributed by atoms with Crippen molar-refractivity contribution in [3.63, 3.8) is 0 Å². The molecular formula is C19H24ClF. The lowest BCUT2D eigenvalue weighted by Crippen LogP contribution is -2.00. The molecule has 0 nitrogen and oxygen atoms in total. The van der Waals surface area contributed by atoms with Crippen LogP contribution in [0.5, 0.6) is 0 Å². The molecule has 0 aliphatic rings. The molecule has 0 saturated carbocycles. The van der Waals surface area contributed by atoms with Crippen molar-refractivity contribution in [1.29, 1.82) is 0 Å². The van der Waals surface area contributed by atoms with Gasteiger partial charge in [0.15, 0.2) is 0 Å². The first kappa shape index (κ1) is 17.7. The third kappa shape index (κ3) is 6.77. The van der Waals surface area contributed by atoms with E-state index >= 15 is 0 Å². The van der Waals surface area contributed by atoms with Gasteiger partial charge in [-0.3, -0.25) is 0 Å². The highest BCUT2D eigenvalue weighted by atomic mass is 35.5. The molecular weight excluding hydrogens is 283 g/mol. The molecule has 0 bridgehead atoms. The van der Waals surface area contributed by atoms with Crippen molar-refractivity contribution in [1.82, 2.24) is 0 Å². The maximum absolute atomic E-state index is 12.8. The van der Waals surface area contributed by atoms with Crippen LogP contribution in [0.25, 0.3) is 0 Å². The summed E-state index contributed by atoms with van der Waals surface area (Å²) >= 11 is 0. The Bertz CT molecular complexity index is 493. The molecule has 0 aliphatic heterocycles. The summed E-state index contributed by atoms with van der Waals surface area (Å²) in [4.78, 5) is 0. The molecule has 1 unspecified atom stereocenters. The van der Waals surface area contributed by atoms with E-state index in [9.17, 15) is 4.39 Å². The number of benzene rings is 2. The first-order chi connectivity index (χ1) is 9.74. The van der Waals surface area contributed by atoms with E-state index in [2.05, 4.69) is 37.3 Å². The average molecular weight is 307 g/mol. The normalized spacial score (nSPS) is 11.7. The fourth-order valence-corrected chi connectivity index (χ4v) is 2.59. The van der Waals surface area contributed by atoms with Gasteiger partial charge in [0.1, 0.15) is 5.82 Å². The highest BCUT2D eigenvalue weighted by Crippen LogP contribution is 2.16. The SMILES string of the molecule is CC(CCCCc1ccccc1)Cc1ccc(F)cc1.Cl. The van der Waals surface area contributed by atoms with Crippen LogP contribution in [-0.4, -0.2) is 0 Å². The van der Waals surface area contributed by atoms with Gasteiger partial charge in [-0.05, 0) is 48.4 Å². The minimum atomic E-state index is -0.149. The number of hydrogen-bond acceptors (Lipinski definition) is 0. The largest absolute Gasteiger partial charge is 0.207 e. The fraction of sp³-hybridized carbons (Fsp3) is 0.368. The molecule has 0 spiro atoms. The number of aryl methyl sites for hydroxylation is 1. The molecule has 0 heterocycles. The third-order valence-electron chi connectivity index (χ3n) is 3.75. The van der Waals surface area contributed by atoms with Crippen LogP contribution in [0.4, 0.5) is 4.39 Å². The Morgan fingerprint density at radius 2 is 1.52 bits per heavy atom. The van der Waals surface area contributed by atoms with Crippen molar-refractivity contribution in [2.45, 2.75) is 39.0 Å². The van der Waals surface area contributed by atoms with Gasteiger partial charge in [0.2, 0.25) is 0 Å². The van der Waals surface area contributed by atoms with Crippen molar-refractivity contribution in [2.24, 2.45) is 5.92 Å². The number of unbranched alkanes of at least 4 members (excludes halogenated alkanes) is 1. The zero-order valence-electron chi connectivity index (χ0n) is 12.6. The molecule has 2 rings (SSSR count). The van der Waals surface area contributed by atoms with E-state index in [0.29, 0.717) is 5.92 Å². The molecule has 21 heavy (non-hydrogen) atoms. The second kappa shape index (κ2) is 9.57. The van der Waals surface area contributed by atoms with Gasteiger partial charge in [0.05, 0.1) is 0 Å². The average Bonchev–Trinajstić information content (AvgIpc) is 2.47. The lowest BCUT2D eigenvalue weighted by atomic mass is 9.95. The smallest absolute Gasteiger partial charge is 0.123 e. The van der Waals surface area contributed by atoms with Gasteiger partial charge in [-0.15, -0.1) is 12.4 Å². The maximum atomic E-state index is 12.8. The monoisotopic (exact) mass is 306 g/mol. The van der Waals surface area contributed by atoms with Crippen LogP contribution in [-0.2, 0) is 12.8 Å². The highest BCUT2D eigenvalue weighted by Gasteiger charge is 2.04. The minimum Gasteiger partial charge on any atom is -0.207 e. The summed E-state index contributed by atoms with van der Waals surface area (Å²) in [6.07, 6.45) is 5.97. The van der Waals surface area contributed by atoms with Crippen LogP contribution < -0.4 is 0 Å². The number of rotatable bonds is 7. The first-order valence-corrected chi connectivity index (χ1v) is 7.52. The number of hydrogen-bond donors (Lipinski definition) is 0. The second-order valence-corrected chi connectivity index (χ2v) is 5.67. The van der Waals surface area contributed by atoms with E-state index in [-0.39, 0.29) is 18.2 Å². The predicted molar refractivity (Wildman–Crippen MR) is 90.5 cm³/mol. The predicted octanol–water partition coefficient (Wildman–Crippen LogP) is 5.84. The van der Waals surface area contributed by atoms with E-state index in [1.807, 2.05) is 12.1 Å². The van der Waals surface area contributed by atoms with Gasteiger partial charge in [0, 0.05) is 0 Å². The van der Waals surface area contributed by atoms with Crippen LogP contribution in [0, 0.1) is 11.7 Å². The summed E-state index contributed by atoms with van der Waals surface area (Å²) in [5, 5.41) is 0. The lowest BCUT2D eigenvalue weighted by Gasteiger charge is -2.11. The van der Waals surface area contributed by atoms with Gasteiger partial charge in [-0.1, -0.05) is 62.2 Å². The van der Waals surface area contributed by atoms with E-state index in [1.165, 1.54) is 36.8 Å². The Morgan fingerprint density at radius 3 is 2.19 bits per heavy atom. The van der Waals surface area contributed by atoms with Crippen molar-refractivity contribution < 1.29 is 4.39 Å². The lowest BCUT2D eigenvalue weighted by molar-refractivity contribution is 0.495. The minimum absolute atomic E-state index is 0. The van der Waals surface area contributed by atoms with Crippen molar-refractivity contribution in [2.75, 3.05) is 0 Å². The molecule has 2 heteroatoms. The fourth-order valence-electron chi connectivity index (χ4n) is 2.59. The summed E-state index contributed by atoms with van der Waals surface area (Å²) < 4.78 is 12.8. The van der Waals surface area contributed by atoms with Gasteiger partial charge in [-0.2, -0.15) is 0 Å². The molecule has 2 aromatic carbocycles. The van der Waals surface area contributed by atoms with Crippen LogP contribution in [0.3, 0.4) is 0 Å². The molecule has 0 N–H and O–H groups in total. The molecule has 0 saturated heterocycles. The van der Waals surface area contributed by atoms with Crippen molar-refractivity contribution in [3.05, 3.63) is 71.5 Å². The summed E-state index contributed by atoms with van der Waals surface area (Å²) in [6.45, 7) is 2.28. The summed E-state index contributed by atoms with van der Waals surface area (Å²) in [6, 6.07) is 17.6. The quantitative estimate of drug-likeness (QED) is 0.564. The standard InChI is InChI=1S/C19H23F.ClH/c1-16(15-18-11-13-19(20)14-12-18)7-5-6-10-17-8-3-2-4-9-17;/h2-4,8-9,11-14,16H,5-7,10,15H2,1H3;1H. The summed E-state index contributed by atoms with van der Waals surface area (Å²) in [5.74, 6) is 0.514. The molecule has 1 atom stereocenters. The zero-order valence-corrected chi connectivity index (χ0v) is 13.4. The third-order valence-corrected chi connectivity index (χ3v) is 3.75. The van der Waals surface area contributed by atoms with Crippen LogP contribution in [0.2, 0.25) is 0 Å². The topological polar surface area (TPSA) is 0 Å². The van der Waals surface area contributed by atoms with Gasteiger partial charge >= 0.3 is 0 Å². The van der Waals surface area contributed by atoms with E-state index in [4.69, 9.17) is 0 Å². The Hall–Kier alpha value is -1.34. The van der Waals surface area contributed by atoms with E-state index in [1.54, 1.807) is 12.1 Å². The molecule has 2 aromatic rings. The van der Waals surface area contributed by atoms with Gasteiger partial charge in [-0.25, -0.2) is 4.39 Å². The molecule has 0 amide bonds. The van der Waals surface area contributed by atoms with Crippen LogP contribution >= 0.6 is 12.4 Å². The molecule has 0 aromatic heterocycles. The van der Waals surface area contributed by atoms with E-state index in [0.717, 1.165) is 6.42 Å². The molecule has 114 valence electrons. The Morgan fingerprint density at radius 1 is 0.857 bits per heavy atom. The van der Waals surface area contributed by atoms with Gasteiger partial charge < -0.3 is 0 Å². The van der Waals surface area contributed by atoms with Crippen LogP contribution in [0.1, 0.15) is 37.3 Å².